The van der Waals surface area contributed by atoms with Crippen molar-refractivity contribution in [1.29, 1.82) is 0 Å². The van der Waals surface area contributed by atoms with E-state index in [0.717, 1.165) is 12.2 Å². The van der Waals surface area contributed by atoms with E-state index >= 15 is 0 Å². The Morgan fingerprint density at radius 2 is 1.74 bits per heavy atom. The summed E-state index contributed by atoms with van der Waals surface area (Å²) < 4.78 is 27.7. The normalized spacial score (nSPS) is 10.3. The van der Waals surface area contributed by atoms with Gasteiger partial charge in [0.2, 0.25) is 0 Å². The van der Waals surface area contributed by atoms with Gasteiger partial charge < -0.3 is 10.6 Å². The van der Waals surface area contributed by atoms with Gasteiger partial charge >= 0.3 is 0 Å². The lowest BCUT2D eigenvalue weighted by atomic mass is 10.2. The first-order chi connectivity index (χ1) is 9.10. The second-order valence-electron chi connectivity index (χ2n) is 3.86. The number of halogens is 3. The SMILES string of the molecule is CCNc1cncc(Nc2c(F)cc(Br)cc2F)c1. The Hall–Kier alpha value is -1.69. The van der Waals surface area contributed by atoms with Crippen molar-refractivity contribution in [3.8, 4) is 0 Å². The van der Waals surface area contributed by atoms with E-state index in [1.54, 1.807) is 12.3 Å². The van der Waals surface area contributed by atoms with E-state index in [2.05, 4.69) is 31.5 Å². The molecule has 1 heterocycles. The molecular weight excluding hydrogens is 316 g/mol. The smallest absolute Gasteiger partial charge is 0.150 e. The first-order valence-corrected chi connectivity index (χ1v) is 6.50. The molecule has 0 saturated heterocycles. The highest BCUT2D eigenvalue weighted by molar-refractivity contribution is 9.10. The largest absolute Gasteiger partial charge is 0.384 e. The molecule has 3 nitrogen and oxygen atoms in total. The van der Waals surface area contributed by atoms with Crippen LogP contribution >= 0.6 is 15.9 Å². The lowest BCUT2D eigenvalue weighted by Crippen LogP contribution is -2.01. The molecule has 0 spiro atoms. The molecule has 19 heavy (non-hydrogen) atoms. The van der Waals surface area contributed by atoms with E-state index in [1.165, 1.54) is 18.3 Å². The second-order valence-corrected chi connectivity index (χ2v) is 4.78. The van der Waals surface area contributed by atoms with Crippen LogP contribution in [0.4, 0.5) is 25.8 Å². The third-order valence-corrected chi connectivity index (χ3v) is 2.85. The summed E-state index contributed by atoms with van der Waals surface area (Å²) in [5.74, 6) is -1.33. The average molecular weight is 328 g/mol. The molecule has 0 radical (unpaired) electrons. The van der Waals surface area contributed by atoms with Crippen molar-refractivity contribution in [2.75, 3.05) is 17.2 Å². The molecule has 2 N–H and O–H groups in total. The van der Waals surface area contributed by atoms with Crippen molar-refractivity contribution in [2.24, 2.45) is 0 Å². The molecule has 6 heteroatoms. The fraction of sp³-hybridized carbons (Fsp3) is 0.154. The van der Waals surface area contributed by atoms with Crippen LogP contribution in [0.25, 0.3) is 0 Å². The average Bonchev–Trinajstić information content (AvgIpc) is 2.35. The molecule has 2 rings (SSSR count). The Labute approximate surface area is 118 Å². The van der Waals surface area contributed by atoms with Crippen LogP contribution in [0.15, 0.2) is 35.1 Å². The zero-order chi connectivity index (χ0) is 13.8. The number of nitrogens with one attached hydrogen (secondary N) is 2. The summed E-state index contributed by atoms with van der Waals surface area (Å²) in [6.07, 6.45) is 3.14. The van der Waals surface area contributed by atoms with Crippen LogP contribution in [0.3, 0.4) is 0 Å². The second kappa shape index (κ2) is 5.97. The molecular formula is C13H12BrF2N3. The van der Waals surface area contributed by atoms with Gasteiger partial charge in [0.05, 0.1) is 23.8 Å². The molecule has 0 saturated carbocycles. The summed E-state index contributed by atoms with van der Waals surface area (Å²) in [7, 11) is 0. The summed E-state index contributed by atoms with van der Waals surface area (Å²) >= 11 is 3.03. The first kappa shape index (κ1) is 13.7. The number of hydrogen-bond donors (Lipinski definition) is 2. The molecule has 2 aromatic rings. The van der Waals surface area contributed by atoms with Gasteiger partial charge in [-0.3, -0.25) is 4.98 Å². The van der Waals surface area contributed by atoms with E-state index in [4.69, 9.17) is 0 Å². The quantitative estimate of drug-likeness (QED) is 0.879. The van der Waals surface area contributed by atoms with Crippen molar-refractivity contribution in [1.82, 2.24) is 4.98 Å². The summed E-state index contributed by atoms with van der Waals surface area (Å²) in [6, 6.07) is 4.14. The molecule has 1 aromatic heterocycles. The Morgan fingerprint density at radius 1 is 1.11 bits per heavy atom. The predicted octanol–water partition coefficient (Wildman–Crippen LogP) is 4.30. The Bertz CT molecular complexity index is 567. The van der Waals surface area contributed by atoms with Crippen molar-refractivity contribution in [3.05, 3.63) is 46.7 Å². The number of rotatable bonds is 4. The zero-order valence-electron chi connectivity index (χ0n) is 10.2. The minimum absolute atomic E-state index is 0.196. The lowest BCUT2D eigenvalue weighted by molar-refractivity contribution is 0.589. The predicted molar refractivity (Wildman–Crippen MR) is 75.7 cm³/mol. The number of nitrogens with zero attached hydrogens (tertiary/aromatic N) is 1. The topological polar surface area (TPSA) is 37.0 Å². The highest BCUT2D eigenvalue weighted by Gasteiger charge is 2.11. The molecule has 0 unspecified atom stereocenters. The number of benzene rings is 1. The number of hydrogen-bond acceptors (Lipinski definition) is 3. The molecule has 0 aliphatic heterocycles. The third kappa shape index (κ3) is 3.41. The monoisotopic (exact) mass is 327 g/mol. The van der Waals surface area contributed by atoms with Crippen LogP contribution in [0.5, 0.6) is 0 Å². The molecule has 0 aliphatic rings. The van der Waals surface area contributed by atoms with Crippen LogP contribution in [0, 0.1) is 11.6 Å². The summed E-state index contributed by atoms with van der Waals surface area (Å²) in [5, 5.41) is 5.77. The van der Waals surface area contributed by atoms with Gasteiger partial charge in [0.1, 0.15) is 5.69 Å². The molecule has 0 fully saturated rings. The van der Waals surface area contributed by atoms with Crippen molar-refractivity contribution < 1.29 is 8.78 Å². The Kier molecular flexibility index (Phi) is 4.31. The van der Waals surface area contributed by atoms with Crippen LogP contribution in [0.1, 0.15) is 6.92 Å². The Morgan fingerprint density at radius 3 is 2.37 bits per heavy atom. The van der Waals surface area contributed by atoms with Crippen LogP contribution in [-0.4, -0.2) is 11.5 Å². The number of aromatic nitrogens is 1. The van der Waals surface area contributed by atoms with Crippen molar-refractivity contribution >= 4 is 33.0 Å². The van der Waals surface area contributed by atoms with Gasteiger partial charge in [0, 0.05) is 11.0 Å². The molecule has 0 amide bonds. The summed E-state index contributed by atoms with van der Waals surface area (Å²) in [6.45, 7) is 2.69. The van der Waals surface area contributed by atoms with Gasteiger partial charge in [0.15, 0.2) is 11.6 Å². The zero-order valence-corrected chi connectivity index (χ0v) is 11.8. The van der Waals surface area contributed by atoms with Crippen LogP contribution in [-0.2, 0) is 0 Å². The van der Waals surface area contributed by atoms with E-state index in [0.29, 0.717) is 10.2 Å². The number of anilines is 3. The van der Waals surface area contributed by atoms with Gasteiger partial charge in [-0.15, -0.1) is 0 Å². The van der Waals surface area contributed by atoms with E-state index in [-0.39, 0.29) is 5.69 Å². The fourth-order valence-electron chi connectivity index (χ4n) is 1.62. The van der Waals surface area contributed by atoms with Crippen LogP contribution < -0.4 is 10.6 Å². The minimum Gasteiger partial charge on any atom is -0.384 e. The number of pyridine rings is 1. The van der Waals surface area contributed by atoms with Gasteiger partial charge in [-0.25, -0.2) is 8.78 Å². The molecule has 100 valence electrons. The Balaban J connectivity index is 2.28. The summed E-state index contributed by atoms with van der Waals surface area (Å²) in [4.78, 5) is 4.00. The maximum Gasteiger partial charge on any atom is 0.150 e. The standard InChI is InChI=1S/C13H12BrF2N3/c1-2-18-9-5-10(7-17-6-9)19-13-11(15)3-8(14)4-12(13)16/h3-7,18-19H,2H2,1H3. The highest BCUT2D eigenvalue weighted by Crippen LogP contribution is 2.27. The molecule has 1 aromatic carbocycles. The maximum absolute atomic E-state index is 13.7. The third-order valence-electron chi connectivity index (χ3n) is 2.40. The molecule has 0 bridgehead atoms. The fourth-order valence-corrected chi connectivity index (χ4v) is 2.02. The molecule has 0 aliphatic carbocycles. The van der Waals surface area contributed by atoms with Crippen molar-refractivity contribution in [3.63, 3.8) is 0 Å². The van der Waals surface area contributed by atoms with Gasteiger partial charge in [-0.2, -0.15) is 0 Å². The molecule has 0 atom stereocenters. The van der Waals surface area contributed by atoms with E-state index in [9.17, 15) is 8.78 Å². The van der Waals surface area contributed by atoms with E-state index < -0.39 is 11.6 Å². The first-order valence-electron chi connectivity index (χ1n) is 5.70. The minimum atomic E-state index is -0.666. The van der Waals surface area contributed by atoms with Crippen LogP contribution in [0.2, 0.25) is 0 Å². The highest BCUT2D eigenvalue weighted by atomic mass is 79.9. The summed E-state index contributed by atoms with van der Waals surface area (Å²) in [5.41, 5.74) is 1.10. The maximum atomic E-state index is 13.7. The van der Waals surface area contributed by atoms with Crippen molar-refractivity contribution in [2.45, 2.75) is 6.92 Å². The van der Waals surface area contributed by atoms with Gasteiger partial charge in [-0.05, 0) is 25.1 Å². The van der Waals surface area contributed by atoms with E-state index in [1.807, 2.05) is 6.92 Å². The van der Waals surface area contributed by atoms with Gasteiger partial charge in [0.25, 0.3) is 0 Å². The van der Waals surface area contributed by atoms with Gasteiger partial charge in [-0.1, -0.05) is 15.9 Å². The lowest BCUT2D eigenvalue weighted by Gasteiger charge is -2.10.